The molecule has 0 bridgehead atoms. The molecule has 1 rings (SSSR count). The molecule has 1 aromatic carbocycles. The number of hydrogen-bond acceptors (Lipinski definition) is 0. The summed E-state index contributed by atoms with van der Waals surface area (Å²) in [5, 5.41) is 0. The number of halogens is 1. The van der Waals surface area contributed by atoms with Crippen molar-refractivity contribution in [3.63, 3.8) is 0 Å². The first-order valence-corrected chi connectivity index (χ1v) is 21.1. The van der Waals surface area contributed by atoms with Crippen LogP contribution in [0.3, 0.4) is 0 Å². The topological polar surface area (TPSA) is 0 Å². The predicted octanol–water partition coefficient (Wildman–Crippen LogP) is 16.4. The van der Waals surface area contributed by atoms with Crippen molar-refractivity contribution < 1.29 is 0 Å². The molecule has 1 aromatic rings. The summed E-state index contributed by atoms with van der Waals surface area (Å²) in [5.41, 5.74) is 2.99. The normalized spacial score (nSPS) is 11.9. The average Bonchev–Trinajstić information content (AvgIpc) is 3.01. The second kappa shape index (κ2) is 31.3. The Balaban J connectivity index is 1.70. The van der Waals surface area contributed by atoms with Crippen molar-refractivity contribution in [1.82, 2.24) is 0 Å². The van der Waals surface area contributed by atoms with E-state index in [1.54, 1.807) is 0 Å². The summed E-state index contributed by atoms with van der Waals surface area (Å²) in [5.74, 6) is 0. The smallest absolute Gasteiger partial charge is 0.0452 e. The van der Waals surface area contributed by atoms with Crippen molar-refractivity contribution in [3.05, 3.63) is 35.4 Å². The quantitative estimate of drug-likeness (QED) is 0.0504. The highest BCUT2D eigenvalue weighted by Gasteiger charge is 2.18. The van der Waals surface area contributed by atoms with Gasteiger partial charge in [-0.15, -0.1) is 0 Å². The molecule has 44 heavy (non-hydrogen) atoms. The highest BCUT2D eigenvalue weighted by atomic mass is 79.9. The molecule has 0 unspecified atom stereocenters. The van der Waals surface area contributed by atoms with Gasteiger partial charge in [-0.3, -0.25) is 0 Å². The minimum absolute atomic E-state index is 0.0778. The van der Waals surface area contributed by atoms with E-state index in [-0.39, 0.29) is 4.32 Å². The number of aryl methyl sites for hydroxylation is 1. The van der Waals surface area contributed by atoms with Crippen LogP contribution in [-0.4, -0.2) is 0 Å². The lowest BCUT2D eigenvalue weighted by Crippen LogP contribution is -2.10. The van der Waals surface area contributed by atoms with Crippen LogP contribution in [0.25, 0.3) is 0 Å². The van der Waals surface area contributed by atoms with Gasteiger partial charge in [-0.05, 0) is 37.8 Å². The molecule has 0 spiro atoms. The van der Waals surface area contributed by atoms with E-state index in [1.165, 1.54) is 223 Å². The predicted molar refractivity (Wildman–Crippen MR) is 206 cm³/mol. The lowest BCUT2D eigenvalue weighted by molar-refractivity contribution is 0.512. The molecule has 0 aliphatic rings. The van der Waals surface area contributed by atoms with Gasteiger partial charge in [0, 0.05) is 4.32 Å². The van der Waals surface area contributed by atoms with Gasteiger partial charge >= 0.3 is 0 Å². The number of hydrogen-bond donors (Lipinski definition) is 0. The third-order valence-electron chi connectivity index (χ3n) is 9.96. The zero-order valence-electron chi connectivity index (χ0n) is 30.5. The van der Waals surface area contributed by atoms with Gasteiger partial charge in [0.2, 0.25) is 0 Å². The molecule has 1 heteroatoms. The number of benzene rings is 1. The van der Waals surface area contributed by atoms with E-state index in [9.17, 15) is 0 Å². The molecular formula is C43H79Br. The molecule has 0 aliphatic carbocycles. The van der Waals surface area contributed by atoms with E-state index in [0.717, 1.165) is 0 Å². The second-order valence-corrected chi connectivity index (χ2v) is 16.8. The first kappa shape index (κ1) is 41.7. The Morgan fingerprint density at radius 3 is 0.909 bits per heavy atom. The monoisotopic (exact) mass is 675 g/mol. The van der Waals surface area contributed by atoms with Crippen molar-refractivity contribution in [2.24, 2.45) is 0 Å². The minimum atomic E-state index is 0.0778. The van der Waals surface area contributed by atoms with Gasteiger partial charge in [0.05, 0.1) is 0 Å². The Bertz CT molecular complexity index is 701. The van der Waals surface area contributed by atoms with Crippen LogP contribution in [0.5, 0.6) is 0 Å². The molecule has 0 saturated carbocycles. The summed E-state index contributed by atoms with van der Waals surface area (Å²) in [6, 6.07) is 8.97. The highest BCUT2D eigenvalue weighted by molar-refractivity contribution is 9.09. The fraction of sp³-hybridized carbons (Fsp3) is 0.860. The third kappa shape index (κ3) is 26.9. The van der Waals surface area contributed by atoms with Gasteiger partial charge in [-0.2, -0.15) is 0 Å². The van der Waals surface area contributed by atoms with Crippen LogP contribution in [0, 0.1) is 0 Å². The SMILES string of the molecule is CCCCCCCCCCCCCCCCCCCCCCCCCCCCCCCCCCc1ccccc1C(C)(C)Br. The summed E-state index contributed by atoms with van der Waals surface area (Å²) in [6.07, 6.45) is 48.1. The lowest BCUT2D eigenvalue weighted by atomic mass is 9.93. The zero-order chi connectivity index (χ0) is 31.8. The molecule has 0 amide bonds. The van der Waals surface area contributed by atoms with Gasteiger partial charge in [0.1, 0.15) is 0 Å². The molecule has 0 nitrogen and oxygen atoms in total. The van der Waals surface area contributed by atoms with E-state index >= 15 is 0 Å². The zero-order valence-corrected chi connectivity index (χ0v) is 32.1. The summed E-state index contributed by atoms with van der Waals surface area (Å²) in [6.45, 7) is 6.83. The first-order chi connectivity index (χ1) is 21.6. The van der Waals surface area contributed by atoms with E-state index in [0.29, 0.717) is 0 Å². The Kier molecular flexibility index (Phi) is 29.7. The minimum Gasteiger partial charge on any atom is -0.0807 e. The van der Waals surface area contributed by atoms with Gasteiger partial charge in [-0.1, -0.05) is 246 Å². The lowest BCUT2D eigenvalue weighted by Gasteiger charge is -2.21. The molecule has 0 heterocycles. The van der Waals surface area contributed by atoms with E-state index < -0.39 is 0 Å². The van der Waals surface area contributed by atoms with Crippen LogP contribution >= 0.6 is 15.9 Å². The molecule has 0 aromatic heterocycles. The van der Waals surface area contributed by atoms with Crippen molar-refractivity contribution in [3.8, 4) is 0 Å². The summed E-state index contributed by atoms with van der Waals surface area (Å²) < 4.78 is 0.0778. The summed E-state index contributed by atoms with van der Waals surface area (Å²) in [7, 11) is 0. The Labute approximate surface area is 287 Å². The van der Waals surface area contributed by atoms with Crippen LogP contribution in [0.1, 0.15) is 237 Å². The van der Waals surface area contributed by atoms with E-state index in [4.69, 9.17) is 0 Å². The maximum atomic E-state index is 3.85. The second-order valence-electron chi connectivity index (χ2n) is 14.8. The van der Waals surface area contributed by atoms with Crippen molar-refractivity contribution in [1.29, 1.82) is 0 Å². The van der Waals surface area contributed by atoms with Crippen LogP contribution in [0.2, 0.25) is 0 Å². The van der Waals surface area contributed by atoms with Crippen molar-refractivity contribution >= 4 is 15.9 Å². The van der Waals surface area contributed by atoms with Crippen LogP contribution < -0.4 is 0 Å². The first-order valence-electron chi connectivity index (χ1n) is 20.3. The van der Waals surface area contributed by atoms with Crippen LogP contribution in [0.4, 0.5) is 0 Å². The number of alkyl halides is 1. The highest BCUT2D eigenvalue weighted by Crippen LogP contribution is 2.33. The fourth-order valence-corrected chi connectivity index (χ4v) is 7.40. The fourth-order valence-electron chi connectivity index (χ4n) is 7.01. The largest absolute Gasteiger partial charge is 0.0807 e. The van der Waals surface area contributed by atoms with Crippen molar-refractivity contribution in [2.45, 2.75) is 237 Å². The molecular weight excluding hydrogens is 596 g/mol. The van der Waals surface area contributed by atoms with Gasteiger partial charge in [0.15, 0.2) is 0 Å². The van der Waals surface area contributed by atoms with Gasteiger partial charge in [-0.25, -0.2) is 0 Å². The van der Waals surface area contributed by atoms with E-state index in [1.807, 2.05) is 0 Å². The summed E-state index contributed by atoms with van der Waals surface area (Å²) in [4.78, 5) is 0. The Morgan fingerprint density at radius 1 is 0.386 bits per heavy atom. The molecule has 0 radical (unpaired) electrons. The average molecular weight is 676 g/mol. The van der Waals surface area contributed by atoms with Crippen LogP contribution in [0.15, 0.2) is 24.3 Å². The Morgan fingerprint density at radius 2 is 0.636 bits per heavy atom. The molecule has 258 valence electrons. The van der Waals surface area contributed by atoms with Crippen molar-refractivity contribution in [2.75, 3.05) is 0 Å². The molecule has 0 aliphatic heterocycles. The molecule has 0 atom stereocenters. The van der Waals surface area contributed by atoms with Gasteiger partial charge < -0.3 is 0 Å². The van der Waals surface area contributed by atoms with E-state index in [2.05, 4.69) is 61.0 Å². The Hall–Kier alpha value is -0.300. The standard InChI is InChI=1S/C43H79Br/c1-4-5-6-7-8-9-10-11-12-13-14-15-16-17-18-19-20-21-22-23-24-25-26-27-28-29-30-31-32-33-34-35-38-41-39-36-37-40-42(41)43(2,3)44/h36-37,39-40H,4-35,38H2,1-3H3. The molecule has 0 fully saturated rings. The maximum Gasteiger partial charge on any atom is 0.0452 e. The third-order valence-corrected chi connectivity index (χ3v) is 10.4. The maximum absolute atomic E-state index is 3.85. The molecule has 0 saturated heterocycles. The number of rotatable bonds is 34. The van der Waals surface area contributed by atoms with Gasteiger partial charge in [0.25, 0.3) is 0 Å². The number of unbranched alkanes of at least 4 members (excludes halogenated alkanes) is 31. The molecule has 0 N–H and O–H groups in total. The summed E-state index contributed by atoms with van der Waals surface area (Å²) >= 11 is 3.85. The van der Waals surface area contributed by atoms with Crippen LogP contribution in [-0.2, 0) is 10.7 Å².